The SMILES string of the molecule is CCCCC/C=C\C=C/CCCCCCCC(O)C(=O)NC(CO)C(O)/C=C/CCCCCCCCCCCCCCC. The van der Waals surface area contributed by atoms with Gasteiger partial charge in [0.1, 0.15) is 6.10 Å². The first kappa shape index (κ1) is 41.6. The third-order valence-corrected chi connectivity index (χ3v) is 8.25. The van der Waals surface area contributed by atoms with Gasteiger partial charge in [0.25, 0.3) is 0 Å². The molecule has 0 fully saturated rings. The van der Waals surface area contributed by atoms with Gasteiger partial charge in [0.05, 0.1) is 18.8 Å². The lowest BCUT2D eigenvalue weighted by molar-refractivity contribution is -0.131. The average molecular weight is 606 g/mol. The van der Waals surface area contributed by atoms with E-state index in [-0.39, 0.29) is 6.61 Å². The number of carbonyl (C=O) groups excluding carboxylic acids is 1. The normalized spacial score (nSPS) is 14.3. The standard InChI is InChI=1S/C38H71NO4/c1-3-5-7-9-11-13-15-17-19-21-22-24-26-28-30-32-36(41)35(34-40)39-38(43)37(42)33-31-29-27-25-23-20-18-16-14-12-10-8-6-4-2/h12,14,16,18,30,32,35-37,40-42H,3-11,13,15,17,19-29,31,33-34H2,1-2H3,(H,39,43)/b14-12-,18-16-,32-30+. The molecule has 0 heterocycles. The second kappa shape index (κ2) is 33.5. The summed E-state index contributed by atoms with van der Waals surface area (Å²) in [5.74, 6) is -0.518. The summed E-state index contributed by atoms with van der Waals surface area (Å²) >= 11 is 0. The van der Waals surface area contributed by atoms with Crippen LogP contribution in [0, 0.1) is 0 Å². The highest BCUT2D eigenvalue weighted by Crippen LogP contribution is 2.14. The predicted octanol–water partition coefficient (Wildman–Crippen LogP) is 9.65. The fraction of sp³-hybridized carbons (Fsp3) is 0.816. The first-order valence-electron chi connectivity index (χ1n) is 18.3. The fourth-order valence-electron chi connectivity index (χ4n) is 5.29. The minimum absolute atomic E-state index is 0.369. The van der Waals surface area contributed by atoms with Crippen molar-refractivity contribution < 1.29 is 20.1 Å². The lowest BCUT2D eigenvalue weighted by Crippen LogP contribution is -2.48. The smallest absolute Gasteiger partial charge is 0.249 e. The molecule has 0 aromatic heterocycles. The Kier molecular flexibility index (Phi) is 32.3. The molecule has 0 bridgehead atoms. The van der Waals surface area contributed by atoms with Crippen molar-refractivity contribution in [3.8, 4) is 0 Å². The number of aliphatic hydroxyl groups excluding tert-OH is 3. The van der Waals surface area contributed by atoms with Crippen LogP contribution in [0.25, 0.3) is 0 Å². The summed E-state index contributed by atoms with van der Waals surface area (Å²) in [6, 6.07) is -0.802. The molecule has 0 aromatic rings. The zero-order valence-corrected chi connectivity index (χ0v) is 28.3. The maximum absolute atomic E-state index is 12.4. The van der Waals surface area contributed by atoms with Crippen LogP contribution < -0.4 is 5.32 Å². The maximum Gasteiger partial charge on any atom is 0.249 e. The van der Waals surface area contributed by atoms with Crippen LogP contribution in [-0.2, 0) is 4.79 Å². The van der Waals surface area contributed by atoms with E-state index < -0.39 is 24.2 Å². The molecule has 3 unspecified atom stereocenters. The number of carbonyl (C=O) groups is 1. The van der Waals surface area contributed by atoms with Crippen LogP contribution in [-0.4, -0.2) is 46.1 Å². The van der Waals surface area contributed by atoms with Crippen molar-refractivity contribution >= 4 is 5.91 Å². The van der Waals surface area contributed by atoms with E-state index in [9.17, 15) is 20.1 Å². The second-order valence-electron chi connectivity index (χ2n) is 12.5. The number of nitrogens with one attached hydrogen (secondary N) is 1. The summed E-state index contributed by atoms with van der Waals surface area (Å²) in [5, 5.41) is 32.9. The Morgan fingerprint density at radius 1 is 0.581 bits per heavy atom. The van der Waals surface area contributed by atoms with E-state index in [0.29, 0.717) is 6.42 Å². The van der Waals surface area contributed by atoms with E-state index in [1.54, 1.807) is 6.08 Å². The molecule has 43 heavy (non-hydrogen) atoms. The van der Waals surface area contributed by atoms with E-state index in [0.717, 1.165) is 51.4 Å². The molecule has 0 aliphatic heterocycles. The van der Waals surface area contributed by atoms with Crippen molar-refractivity contribution in [2.24, 2.45) is 0 Å². The second-order valence-corrected chi connectivity index (χ2v) is 12.5. The molecule has 0 aliphatic rings. The first-order valence-corrected chi connectivity index (χ1v) is 18.3. The largest absolute Gasteiger partial charge is 0.394 e. The lowest BCUT2D eigenvalue weighted by Gasteiger charge is -2.21. The highest BCUT2D eigenvalue weighted by Gasteiger charge is 2.22. The highest BCUT2D eigenvalue weighted by atomic mass is 16.3. The monoisotopic (exact) mass is 606 g/mol. The molecule has 252 valence electrons. The molecule has 0 rings (SSSR count). The Balaban J connectivity index is 3.80. The van der Waals surface area contributed by atoms with Crippen LogP contribution in [0.15, 0.2) is 36.5 Å². The van der Waals surface area contributed by atoms with Crippen molar-refractivity contribution in [1.29, 1.82) is 0 Å². The van der Waals surface area contributed by atoms with Crippen LogP contribution in [0.2, 0.25) is 0 Å². The van der Waals surface area contributed by atoms with Crippen LogP contribution in [0.3, 0.4) is 0 Å². The van der Waals surface area contributed by atoms with Gasteiger partial charge in [-0.15, -0.1) is 0 Å². The number of aliphatic hydroxyl groups is 3. The molecule has 5 heteroatoms. The number of allylic oxidation sites excluding steroid dienone is 5. The molecular weight excluding hydrogens is 534 g/mol. The maximum atomic E-state index is 12.4. The Morgan fingerprint density at radius 2 is 0.977 bits per heavy atom. The molecule has 0 spiro atoms. The zero-order valence-electron chi connectivity index (χ0n) is 28.3. The van der Waals surface area contributed by atoms with Crippen molar-refractivity contribution in [3.63, 3.8) is 0 Å². The van der Waals surface area contributed by atoms with Gasteiger partial charge in [0.2, 0.25) is 5.91 Å². The van der Waals surface area contributed by atoms with Gasteiger partial charge in [0, 0.05) is 0 Å². The number of hydrogen-bond donors (Lipinski definition) is 4. The molecule has 1 amide bonds. The number of hydrogen-bond acceptors (Lipinski definition) is 4. The van der Waals surface area contributed by atoms with Gasteiger partial charge in [-0.05, 0) is 44.9 Å². The summed E-state index contributed by atoms with van der Waals surface area (Å²) in [5.41, 5.74) is 0. The molecule has 0 radical (unpaired) electrons. The third-order valence-electron chi connectivity index (χ3n) is 8.25. The fourth-order valence-corrected chi connectivity index (χ4v) is 5.29. The Bertz CT molecular complexity index is 675. The first-order chi connectivity index (χ1) is 21.1. The number of amides is 1. The van der Waals surface area contributed by atoms with E-state index in [1.807, 2.05) is 6.08 Å². The summed E-state index contributed by atoms with van der Waals surface area (Å²) in [7, 11) is 0. The number of unbranched alkanes of at least 4 members (excludes halogenated alkanes) is 21. The Labute approximate surface area is 266 Å². The van der Waals surface area contributed by atoms with E-state index in [2.05, 4.69) is 43.5 Å². The molecule has 0 aliphatic carbocycles. The van der Waals surface area contributed by atoms with Gasteiger partial charge < -0.3 is 20.6 Å². The van der Waals surface area contributed by atoms with Gasteiger partial charge in [-0.2, -0.15) is 0 Å². The quantitative estimate of drug-likeness (QED) is 0.0349. The van der Waals surface area contributed by atoms with E-state index >= 15 is 0 Å². The van der Waals surface area contributed by atoms with Crippen molar-refractivity contribution in [1.82, 2.24) is 5.32 Å². The van der Waals surface area contributed by atoms with Crippen molar-refractivity contribution in [2.45, 2.75) is 193 Å². The van der Waals surface area contributed by atoms with Crippen LogP contribution in [0.4, 0.5) is 0 Å². The van der Waals surface area contributed by atoms with Gasteiger partial charge in [-0.1, -0.05) is 166 Å². The summed E-state index contributed by atoms with van der Waals surface area (Å²) in [6.07, 6.45) is 40.1. The minimum Gasteiger partial charge on any atom is -0.394 e. The predicted molar refractivity (Wildman–Crippen MR) is 185 cm³/mol. The molecule has 0 saturated heterocycles. The van der Waals surface area contributed by atoms with Gasteiger partial charge >= 0.3 is 0 Å². The van der Waals surface area contributed by atoms with Crippen LogP contribution in [0.1, 0.15) is 174 Å². The van der Waals surface area contributed by atoms with Crippen molar-refractivity contribution in [2.75, 3.05) is 6.61 Å². The van der Waals surface area contributed by atoms with Crippen molar-refractivity contribution in [3.05, 3.63) is 36.5 Å². The third kappa shape index (κ3) is 29.1. The summed E-state index contributed by atoms with van der Waals surface area (Å²) in [4.78, 5) is 12.4. The van der Waals surface area contributed by atoms with E-state index in [4.69, 9.17) is 0 Å². The van der Waals surface area contributed by atoms with Crippen LogP contribution >= 0.6 is 0 Å². The Morgan fingerprint density at radius 3 is 1.47 bits per heavy atom. The zero-order chi connectivity index (χ0) is 31.6. The van der Waals surface area contributed by atoms with Gasteiger partial charge in [-0.3, -0.25) is 4.79 Å². The number of rotatable bonds is 32. The molecule has 3 atom stereocenters. The van der Waals surface area contributed by atoms with Gasteiger partial charge in [0.15, 0.2) is 0 Å². The molecule has 5 nitrogen and oxygen atoms in total. The molecule has 0 saturated carbocycles. The minimum atomic E-state index is -1.11. The topological polar surface area (TPSA) is 89.8 Å². The molecular formula is C38H71NO4. The summed E-state index contributed by atoms with van der Waals surface area (Å²) in [6.45, 7) is 4.12. The Hall–Kier alpha value is -1.43. The van der Waals surface area contributed by atoms with Crippen LogP contribution in [0.5, 0.6) is 0 Å². The summed E-state index contributed by atoms with van der Waals surface area (Å²) < 4.78 is 0. The average Bonchev–Trinajstić information content (AvgIpc) is 3.01. The lowest BCUT2D eigenvalue weighted by atomic mass is 10.0. The molecule has 0 aromatic carbocycles. The highest BCUT2D eigenvalue weighted by molar-refractivity contribution is 5.80. The van der Waals surface area contributed by atoms with E-state index in [1.165, 1.54) is 103 Å². The molecule has 4 N–H and O–H groups in total. The van der Waals surface area contributed by atoms with Gasteiger partial charge in [-0.25, -0.2) is 0 Å².